The average molecular weight is 635 g/mol. The SMILES string of the molecule is CC(C)(C)[Si](C)(C)O[C@H]1[C@H](O[Si](C)(C)C(C)(C)C)[C@@H](COC(c2ccccc2)(c2ccccc2)c2ccccc2)O[C@@H]1CO. The summed E-state index contributed by atoms with van der Waals surface area (Å²) in [6.45, 7) is 22.6. The van der Waals surface area contributed by atoms with E-state index >= 15 is 0 Å². The van der Waals surface area contributed by atoms with Crippen LogP contribution in [-0.2, 0) is 23.9 Å². The fourth-order valence-corrected chi connectivity index (χ4v) is 8.02. The second kappa shape index (κ2) is 13.3. The molecule has 1 aliphatic heterocycles. The minimum absolute atomic E-state index is 0.00774. The smallest absolute Gasteiger partial charge is 0.192 e. The summed E-state index contributed by atoms with van der Waals surface area (Å²) >= 11 is 0. The van der Waals surface area contributed by atoms with Gasteiger partial charge in [0.1, 0.15) is 30.0 Å². The first-order valence-corrected chi connectivity index (χ1v) is 21.8. The predicted molar refractivity (Wildman–Crippen MR) is 185 cm³/mol. The Balaban J connectivity index is 1.80. The Morgan fingerprint density at radius 2 is 0.932 bits per heavy atom. The molecule has 0 unspecified atom stereocenters. The molecule has 1 N–H and O–H groups in total. The van der Waals surface area contributed by atoms with Crippen LogP contribution in [0.4, 0.5) is 0 Å². The van der Waals surface area contributed by atoms with Gasteiger partial charge in [0.15, 0.2) is 16.6 Å². The predicted octanol–water partition coefficient (Wildman–Crippen LogP) is 8.54. The Bertz CT molecular complexity index is 1220. The molecule has 240 valence electrons. The van der Waals surface area contributed by atoms with Crippen molar-refractivity contribution in [3.63, 3.8) is 0 Å². The van der Waals surface area contributed by atoms with E-state index in [1.54, 1.807) is 0 Å². The fraction of sp³-hybridized carbons (Fsp3) is 0.514. The zero-order chi connectivity index (χ0) is 32.4. The van der Waals surface area contributed by atoms with Gasteiger partial charge >= 0.3 is 0 Å². The molecule has 3 aromatic carbocycles. The molecule has 3 aromatic rings. The zero-order valence-corrected chi connectivity index (χ0v) is 30.5. The van der Waals surface area contributed by atoms with Crippen LogP contribution >= 0.6 is 0 Å². The Morgan fingerprint density at radius 1 is 0.591 bits per heavy atom. The lowest BCUT2D eigenvalue weighted by Gasteiger charge is -2.44. The molecule has 0 aliphatic carbocycles. The molecule has 4 rings (SSSR count). The third kappa shape index (κ3) is 7.15. The van der Waals surface area contributed by atoms with E-state index in [1.165, 1.54) is 0 Å². The average Bonchev–Trinajstić information content (AvgIpc) is 3.28. The molecule has 1 saturated heterocycles. The molecule has 0 radical (unpaired) electrons. The van der Waals surface area contributed by atoms with Crippen LogP contribution in [0.25, 0.3) is 0 Å². The molecule has 7 heteroatoms. The van der Waals surface area contributed by atoms with Gasteiger partial charge in [-0.15, -0.1) is 0 Å². The first kappa shape index (κ1) is 34.8. The van der Waals surface area contributed by atoms with Crippen LogP contribution in [0.1, 0.15) is 58.2 Å². The van der Waals surface area contributed by atoms with Crippen molar-refractivity contribution in [1.29, 1.82) is 0 Å². The molecule has 1 heterocycles. The first-order chi connectivity index (χ1) is 20.5. The second-order valence-corrected chi connectivity index (χ2v) is 24.7. The first-order valence-electron chi connectivity index (χ1n) is 16.0. The minimum atomic E-state index is -2.27. The largest absolute Gasteiger partial charge is 0.408 e. The van der Waals surface area contributed by atoms with Crippen molar-refractivity contribution in [2.45, 2.75) is 108 Å². The number of aliphatic hydroxyl groups excluding tert-OH is 1. The number of hydrogen-bond acceptors (Lipinski definition) is 5. The summed E-state index contributed by atoms with van der Waals surface area (Å²) in [4.78, 5) is 0. The molecular weight excluding hydrogens is 581 g/mol. The molecule has 5 nitrogen and oxygen atoms in total. The van der Waals surface area contributed by atoms with E-state index < -0.39 is 40.5 Å². The van der Waals surface area contributed by atoms with Crippen molar-refractivity contribution in [1.82, 2.24) is 0 Å². The number of aliphatic hydroxyl groups is 1. The summed E-state index contributed by atoms with van der Waals surface area (Å²) in [5, 5.41) is 10.6. The maximum atomic E-state index is 10.6. The van der Waals surface area contributed by atoms with E-state index in [4.69, 9.17) is 18.3 Å². The highest BCUT2D eigenvalue weighted by Gasteiger charge is 2.54. The van der Waals surface area contributed by atoms with E-state index in [0.29, 0.717) is 0 Å². The van der Waals surface area contributed by atoms with E-state index in [9.17, 15) is 5.11 Å². The summed E-state index contributed by atoms with van der Waals surface area (Å²) < 4.78 is 28.1. The zero-order valence-electron chi connectivity index (χ0n) is 28.5. The standard InChI is InChI=1S/C37H54O5Si2/c1-35(2,3)43(7,8)41-33-31(26-38)40-32(34(33)42-44(9,10)36(4,5)6)27-39-37(28-20-14-11-15-21-28,29-22-16-12-17-23-29)30-24-18-13-19-25-30/h11-25,31-34,38H,26-27H2,1-10H3/t31-,32-,33-,34-/m1/s1. The van der Waals surface area contributed by atoms with E-state index in [-0.39, 0.29) is 29.4 Å². The number of benzene rings is 3. The Kier molecular flexibility index (Phi) is 10.5. The maximum Gasteiger partial charge on any atom is 0.192 e. The molecule has 0 amide bonds. The fourth-order valence-electron chi connectivity index (χ4n) is 5.38. The van der Waals surface area contributed by atoms with Gasteiger partial charge in [0.2, 0.25) is 0 Å². The van der Waals surface area contributed by atoms with Crippen LogP contribution in [0.3, 0.4) is 0 Å². The van der Waals surface area contributed by atoms with Gasteiger partial charge in [-0.05, 0) is 53.0 Å². The molecule has 4 atom stereocenters. The lowest BCUT2D eigenvalue weighted by Crippen LogP contribution is -2.55. The van der Waals surface area contributed by atoms with E-state index in [0.717, 1.165) is 16.7 Å². The summed E-state index contributed by atoms with van der Waals surface area (Å²) in [5.74, 6) is 0. The molecule has 0 spiro atoms. The number of ether oxygens (including phenoxy) is 2. The summed E-state index contributed by atoms with van der Waals surface area (Å²) in [5.41, 5.74) is 2.21. The molecule has 1 aliphatic rings. The van der Waals surface area contributed by atoms with Crippen LogP contribution < -0.4 is 0 Å². The lowest BCUT2D eigenvalue weighted by molar-refractivity contribution is -0.0863. The quantitative estimate of drug-likeness (QED) is 0.169. The van der Waals surface area contributed by atoms with Gasteiger partial charge in [-0.25, -0.2) is 0 Å². The van der Waals surface area contributed by atoms with Gasteiger partial charge in [-0.3, -0.25) is 0 Å². The third-order valence-corrected chi connectivity index (χ3v) is 19.0. The van der Waals surface area contributed by atoms with Crippen molar-refractivity contribution in [2.24, 2.45) is 0 Å². The van der Waals surface area contributed by atoms with Gasteiger partial charge in [-0.2, -0.15) is 0 Å². The molecule has 1 fully saturated rings. The van der Waals surface area contributed by atoms with Crippen molar-refractivity contribution in [2.75, 3.05) is 13.2 Å². The topological polar surface area (TPSA) is 57.2 Å². The molecule has 0 bridgehead atoms. The normalized spacial score (nSPS) is 21.9. The van der Waals surface area contributed by atoms with Gasteiger partial charge in [0, 0.05) is 0 Å². The Hall–Kier alpha value is -2.11. The monoisotopic (exact) mass is 634 g/mol. The highest BCUT2D eigenvalue weighted by Crippen LogP contribution is 2.45. The van der Waals surface area contributed by atoms with E-state index in [1.807, 2.05) is 18.2 Å². The van der Waals surface area contributed by atoms with E-state index in [2.05, 4.69) is 141 Å². The summed E-state index contributed by atoms with van der Waals surface area (Å²) in [6, 6.07) is 31.2. The Morgan fingerprint density at radius 3 is 1.25 bits per heavy atom. The summed E-state index contributed by atoms with van der Waals surface area (Å²) in [6.07, 6.45) is -1.73. The summed E-state index contributed by atoms with van der Waals surface area (Å²) in [7, 11) is -4.50. The van der Waals surface area contributed by atoms with Crippen LogP contribution in [-0.4, -0.2) is 59.4 Å². The number of hydrogen-bond donors (Lipinski definition) is 1. The van der Waals surface area contributed by atoms with Crippen LogP contribution in [0.15, 0.2) is 91.0 Å². The number of rotatable bonds is 11. The molecule has 0 aromatic heterocycles. The minimum Gasteiger partial charge on any atom is -0.408 e. The lowest BCUT2D eigenvalue weighted by atomic mass is 9.80. The van der Waals surface area contributed by atoms with Gasteiger partial charge in [0.25, 0.3) is 0 Å². The highest BCUT2D eigenvalue weighted by molar-refractivity contribution is 6.74. The van der Waals surface area contributed by atoms with Crippen molar-refractivity contribution in [3.05, 3.63) is 108 Å². The second-order valence-electron chi connectivity index (χ2n) is 15.2. The van der Waals surface area contributed by atoms with Gasteiger partial charge < -0.3 is 23.4 Å². The molecule has 44 heavy (non-hydrogen) atoms. The van der Waals surface area contributed by atoms with Crippen LogP contribution in [0.2, 0.25) is 36.3 Å². The highest BCUT2D eigenvalue weighted by atomic mass is 28.4. The van der Waals surface area contributed by atoms with Crippen LogP contribution in [0.5, 0.6) is 0 Å². The van der Waals surface area contributed by atoms with Crippen LogP contribution in [0, 0.1) is 0 Å². The maximum absolute atomic E-state index is 10.6. The molecular formula is C37H54O5Si2. The van der Waals surface area contributed by atoms with Crippen molar-refractivity contribution >= 4 is 16.6 Å². The van der Waals surface area contributed by atoms with Gasteiger partial charge in [0.05, 0.1) is 13.2 Å². The Labute approximate surface area is 268 Å². The van der Waals surface area contributed by atoms with Gasteiger partial charge in [-0.1, -0.05) is 133 Å². The van der Waals surface area contributed by atoms with Crippen molar-refractivity contribution < 1.29 is 23.4 Å². The van der Waals surface area contributed by atoms with Crippen molar-refractivity contribution in [3.8, 4) is 0 Å². The molecule has 0 saturated carbocycles. The third-order valence-electron chi connectivity index (χ3n) is 10.1.